The average molecular weight is 440 g/mol. The first-order chi connectivity index (χ1) is 15.3. The largest absolute Gasteiger partial charge is 0.398 e. The second-order valence-electron chi connectivity index (χ2n) is 9.07. The molecule has 1 aliphatic rings. The first kappa shape index (κ1) is 27.5. The molecule has 0 aliphatic heterocycles. The smallest absolute Gasteiger partial charge is 0.136 e. The zero-order valence-corrected chi connectivity index (χ0v) is 20.4. The monoisotopic (exact) mass is 439 g/mol. The summed E-state index contributed by atoms with van der Waals surface area (Å²) < 4.78 is 0. The van der Waals surface area contributed by atoms with Crippen LogP contribution in [0.15, 0.2) is 48.5 Å². The quantitative estimate of drug-likeness (QED) is 0.478. The predicted octanol–water partition coefficient (Wildman–Crippen LogP) is 4.14. The molecule has 5 nitrogen and oxygen atoms in total. The van der Waals surface area contributed by atoms with Crippen LogP contribution in [-0.2, 0) is 29.0 Å². The van der Waals surface area contributed by atoms with Crippen molar-refractivity contribution in [3.63, 3.8) is 0 Å². The van der Waals surface area contributed by atoms with Gasteiger partial charge in [0, 0.05) is 24.8 Å². The highest BCUT2D eigenvalue weighted by atomic mass is 16.1. The minimum Gasteiger partial charge on any atom is -0.398 e. The SMILES string of the molecule is C=O.CC(C)C.CNC(CN(Cc1ccccc1N)[C@H](C)C=O)C1Cc2ccccc2C1. The number of fused-ring (bicyclic) bond motifs is 1. The molecule has 1 unspecified atom stereocenters. The van der Waals surface area contributed by atoms with Gasteiger partial charge in [0.05, 0.1) is 6.04 Å². The maximum atomic E-state index is 11.5. The molecule has 2 aromatic carbocycles. The maximum absolute atomic E-state index is 11.5. The maximum Gasteiger partial charge on any atom is 0.136 e. The van der Waals surface area contributed by atoms with Crippen LogP contribution in [0.1, 0.15) is 44.4 Å². The lowest BCUT2D eigenvalue weighted by Crippen LogP contribution is -2.47. The van der Waals surface area contributed by atoms with Crippen molar-refractivity contribution in [2.45, 2.75) is 59.2 Å². The minimum atomic E-state index is -0.144. The molecule has 0 saturated carbocycles. The molecular formula is C27H41N3O2. The summed E-state index contributed by atoms with van der Waals surface area (Å²) in [7, 11) is 2.02. The van der Waals surface area contributed by atoms with E-state index in [1.807, 2.05) is 45.0 Å². The summed E-state index contributed by atoms with van der Waals surface area (Å²) in [5.74, 6) is 1.38. The number of anilines is 1. The van der Waals surface area contributed by atoms with Crippen molar-refractivity contribution < 1.29 is 9.59 Å². The van der Waals surface area contributed by atoms with Gasteiger partial charge in [-0.05, 0) is 61.4 Å². The normalized spacial score (nSPS) is 14.6. The molecular weight excluding hydrogens is 398 g/mol. The van der Waals surface area contributed by atoms with Gasteiger partial charge in [-0.1, -0.05) is 63.2 Å². The second kappa shape index (κ2) is 14.5. The van der Waals surface area contributed by atoms with Gasteiger partial charge in [-0.3, -0.25) is 4.90 Å². The third-order valence-corrected chi connectivity index (χ3v) is 5.66. The number of carbonyl (C=O) groups excluding carboxylic acids is 2. The molecule has 3 rings (SSSR count). The molecule has 3 N–H and O–H groups in total. The Balaban J connectivity index is 0.000000769. The first-order valence-electron chi connectivity index (χ1n) is 11.4. The average Bonchev–Trinajstić information content (AvgIpc) is 3.22. The van der Waals surface area contributed by atoms with Crippen LogP contribution in [0.2, 0.25) is 0 Å². The van der Waals surface area contributed by atoms with Crippen LogP contribution < -0.4 is 11.1 Å². The number of likely N-dealkylation sites (N-methyl/N-ethyl adjacent to an activating group) is 1. The van der Waals surface area contributed by atoms with Crippen LogP contribution in [0.4, 0.5) is 5.69 Å². The zero-order chi connectivity index (χ0) is 24.1. The number of carbonyl (C=O) groups is 2. The van der Waals surface area contributed by atoms with Crippen molar-refractivity contribution in [3.05, 3.63) is 65.2 Å². The number of hydrogen-bond acceptors (Lipinski definition) is 5. The van der Waals surface area contributed by atoms with E-state index in [0.29, 0.717) is 18.5 Å². The molecule has 0 aromatic heterocycles. The number of nitrogens with one attached hydrogen (secondary N) is 1. The number of nitrogen functional groups attached to an aromatic ring is 1. The van der Waals surface area contributed by atoms with Gasteiger partial charge in [0.1, 0.15) is 13.1 Å². The first-order valence-corrected chi connectivity index (χ1v) is 11.4. The fraction of sp³-hybridized carbons (Fsp3) is 0.481. The molecule has 0 heterocycles. The molecule has 0 spiro atoms. The third kappa shape index (κ3) is 8.56. The van der Waals surface area contributed by atoms with E-state index < -0.39 is 0 Å². The van der Waals surface area contributed by atoms with Gasteiger partial charge in [-0.25, -0.2) is 0 Å². The van der Waals surface area contributed by atoms with Gasteiger partial charge in [-0.15, -0.1) is 0 Å². The molecule has 0 fully saturated rings. The van der Waals surface area contributed by atoms with Crippen LogP contribution >= 0.6 is 0 Å². The molecule has 5 heteroatoms. The predicted molar refractivity (Wildman–Crippen MR) is 135 cm³/mol. The number of para-hydroxylation sites is 1. The van der Waals surface area contributed by atoms with Crippen molar-refractivity contribution in [1.29, 1.82) is 0 Å². The number of nitrogens with two attached hydrogens (primary N) is 1. The lowest BCUT2D eigenvalue weighted by molar-refractivity contribution is -0.112. The van der Waals surface area contributed by atoms with Crippen molar-refractivity contribution in [2.75, 3.05) is 19.3 Å². The topological polar surface area (TPSA) is 75.4 Å². The summed E-state index contributed by atoms with van der Waals surface area (Å²) in [4.78, 5) is 21.7. The lowest BCUT2D eigenvalue weighted by atomic mass is 9.95. The Morgan fingerprint density at radius 3 is 2.00 bits per heavy atom. The van der Waals surface area contributed by atoms with E-state index in [0.717, 1.165) is 42.8 Å². The van der Waals surface area contributed by atoms with Gasteiger partial charge in [0.2, 0.25) is 0 Å². The van der Waals surface area contributed by atoms with Crippen LogP contribution in [-0.4, -0.2) is 43.7 Å². The van der Waals surface area contributed by atoms with Crippen LogP contribution in [0.25, 0.3) is 0 Å². The highest BCUT2D eigenvalue weighted by molar-refractivity contribution is 5.57. The van der Waals surface area contributed by atoms with Crippen LogP contribution in [0.5, 0.6) is 0 Å². The number of hydrogen-bond donors (Lipinski definition) is 2. The van der Waals surface area contributed by atoms with E-state index >= 15 is 0 Å². The summed E-state index contributed by atoms with van der Waals surface area (Å²) in [6.07, 6.45) is 3.21. The fourth-order valence-corrected chi connectivity index (χ4v) is 3.96. The van der Waals surface area contributed by atoms with Gasteiger partial charge in [0.15, 0.2) is 0 Å². The summed E-state index contributed by atoms with van der Waals surface area (Å²) in [6, 6.07) is 16.8. The summed E-state index contributed by atoms with van der Waals surface area (Å²) >= 11 is 0. The van der Waals surface area contributed by atoms with Crippen LogP contribution in [0, 0.1) is 11.8 Å². The van der Waals surface area contributed by atoms with E-state index in [9.17, 15) is 4.79 Å². The Bertz CT molecular complexity index is 781. The number of benzene rings is 2. The van der Waals surface area contributed by atoms with Crippen molar-refractivity contribution in [1.82, 2.24) is 10.2 Å². The molecule has 0 saturated heterocycles. The van der Waals surface area contributed by atoms with Gasteiger partial charge in [0.25, 0.3) is 0 Å². The highest BCUT2D eigenvalue weighted by Crippen LogP contribution is 2.29. The molecule has 0 amide bonds. The van der Waals surface area contributed by atoms with Crippen molar-refractivity contribution in [2.24, 2.45) is 11.8 Å². The standard InChI is InChI=1S/C22H29N3O.C4H10.CH2O/c1-16(15-26)25(13-19-9-5-6-10-21(19)23)14-22(24-2)20-11-17-7-3-4-8-18(17)12-20;1-4(2)3;1-2/h3-10,15-16,20,22,24H,11-14,23H2,1-2H3;4H,1-3H3;1H2/t16-,22?;;/m1../s1. The lowest BCUT2D eigenvalue weighted by Gasteiger charge is -2.33. The van der Waals surface area contributed by atoms with E-state index in [-0.39, 0.29) is 6.04 Å². The van der Waals surface area contributed by atoms with E-state index in [1.54, 1.807) is 0 Å². The fourth-order valence-electron chi connectivity index (χ4n) is 3.96. The van der Waals surface area contributed by atoms with Crippen molar-refractivity contribution in [3.8, 4) is 0 Å². The van der Waals surface area contributed by atoms with Gasteiger partial charge >= 0.3 is 0 Å². The second-order valence-corrected chi connectivity index (χ2v) is 9.07. The van der Waals surface area contributed by atoms with E-state index in [2.05, 4.69) is 55.3 Å². The van der Waals surface area contributed by atoms with Crippen molar-refractivity contribution >= 4 is 18.8 Å². The Labute approximate surface area is 194 Å². The molecule has 0 radical (unpaired) electrons. The molecule has 1 aliphatic carbocycles. The minimum absolute atomic E-state index is 0.144. The molecule has 176 valence electrons. The summed E-state index contributed by atoms with van der Waals surface area (Å²) in [5.41, 5.74) is 10.9. The Morgan fingerprint density at radius 1 is 1.03 bits per heavy atom. The molecule has 2 atom stereocenters. The zero-order valence-electron chi connectivity index (χ0n) is 20.4. The van der Waals surface area contributed by atoms with E-state index in [1.165, 1.54) is 11.1 Å². The molecule has 2 aromatic rings. The Kier molecular flexibility index (Phi) is 12.5. The van der Waals surface area contributed by atoms with Gasteiger partial charge in [-0.2, -0.15) is 0 Å². The molecule has 32 heavy (non-hydrogen) atoms. The van der Waals surface area contributed by atoms with E-state index in [4.69, 9.17) is 10.5 Å². The third-order valence-electron chi connectivity index (χ3n) is 5.66. The Morgan fingerprint density at radius 2 is 1.53 bits per heavy atom. The molecule has 0 bridgehead atoms. The number of nitrogens with zero attached hydrogens (tertiary/aromatic N) is 1. The summed E-state index contributed by atoms with van der Waals surface area (Å²) in [6.45, 7) is 12.0. The Hall–Kier alpha value is -2.50. The number of aldehydes is 1. The highest BCUT2D eigenvalue weighted by Gasteiger charge is 2.30. The number of rotatable bonds is 8. The van der Waals surface area contributed by atoms with Crippen LogP contribution in [0.3, 0.4) is 0 Å². The van der Waals surface area contributed by atoms with Gasteiger partial charge < -0.3 is 20.6 Å². The summed E-state index contributed by atoms with van der Waals surface area (Å²) in [5, 5.41) is 3.50.